The van der Waals surface area contributed by atoms with Gasteiger partial charge in [-0.2, -0.15) is 0 Å². The third-order valence-corrected chi connectivity index (χ3v) is 19.8. The van der Waals surface area contributed by atoms with Gasteiger partial charge in [-0.25, -0.2) is 0 Å². The van der Waals surface area contributed by atoms with Crippen LogP contribution in [0.25, 0.3) is 110 Å². The van der Waals surface area contributed by atoms with Crippen LogP contribution in [0.2, 0.25) is 0 Å². The molecule has 0 atom stereocenters. The van der Waals surface area contributed by atoms with E-state index in [-0.39, 0.29) is 10.8 Å². The van der Waals surface area contributed by atoms with Gasteiger partial charge in [-0.1, -0.05) is 205 Å². The molecule has 0 unspecified atom stereocenters. The highest BCUT2D eigenvalue weighted by molar-refractivity contribution is 6.20. The molecule has 0 radical (unpaired) electrons. The van der Waals surface area contributed by atoms with Crippen molar-refractivity contribution in [1.29, 1.82) is 0 Å². The summed E-state index contributed by atoms with van der Waals surface area (Å²) in [6.07, 6.45) is 0. The summed E-state index contributed by atoms with van der Waals surface area (Å²) in [6.45, 7) is 14.3. The van der Waals surface area contributed by atoms with Crippen LogP contribution in [0, 0.1) is 0 Å². The SMILES string of the molecule is CC1(C)c2ccccc2-c2c(N(c3cccc4c3-c3cccc(-c5ccc(N(c6ccc7c(c6)oc6ccccc67)c6cccc7c6-c6ccccc6C7(C)C)c6c5oc5ccccc56)c3C4(C)C)c3cccc4oc5ccccc5c34)cccc21. The molecular formula is C81H58N2O3. The van der Waals surface area contributed by atoms with E-state index in [2.05, 4.69) is 288 Å². The minimum atomic E-state index is -0.444. The summed E-state index contributed by atoms with van der Waals surface area (Å²) in [7, 11) is 0. The van der Waals surface area contributed by atoms with Gasteiger partial charge in [0, 0.05) is 71.8 Å². The highest BCUT2D eigenvalue weighted by atomic mass is 16.3. The molecule has 12 aromatic carbocycles. The van der Waals surface area contributed by atoms with Crippen LogP contribution in [-0.4, -0.2) is 0 Å². The quantitative estimate of drug-likeness (QED) is 0.159. The van der Waals surface area contributed by atoms with E-state index in [9.17, 15) is 0 Å². The Morgan fingerprint density at radius 3 is 1.36 bits per heavy atom. The number of hydrogen-bond donors (Lipinski definition) is 0. The average molecular weight is 1110 g/mol. The molecule has 86 heavy (non-hydrogen) atoms. The van der Waals surface area contributed by atoms with Crippen molar-refractivity contribution in [3.8, 4) is 44.5 Å². The second-order valence-electron chi connectivity index (χ2n) is 25.4. The molecule has 0 bridgehead atoms. The zero-order chi connectivity index (χ0) is 57.5. The Morgan fingerprint density at radius 2 is 0.698 bits per heavy atom. The number of hydrogen-bond acceptors (Lipinski definition) is 5. The number of rotatable bonds is 7. The van der Waals surface area contributed by atoms with Crippen LogP contribution < -0.4 is 9.80 Å². The number of anilines is 6. The molecule has 3 aliphatic rings. The van der Waals surface area contributed by atoms with Gasteiger partial charge in [0.15, 0.2) is 0 Å². The summed E-state index contributed by atoms with van der Waals surface area (Å²) in [6, 6.07) is 88.9. The van der Waals surface area contributed by atoms with Gasteiger partial charge in [-0.05, 0) is 128 Å². The molecule has 410 valence electrons. The Labute approximate surface area is 498 Å². The first kappa shape index (κ1) is 49.1. The smallest absolute Gasteiger partial charge is 0.145 e. The fraction of sp³-hybridized carbons (Fsp3) is 0.111. The van der Waals surface area contributed by atoms with Crippen LogP contribution in [0.4, 0.5) is 34.1 Å². The third kappa shape index (κ3) is 6.49. The van der Waals surface area contributed by atoms with Crippen molar-refractivity contribution in [2.45, 2.75) is 57.8 Å². The lowest BCUT2D eigenvalue weighted by atomic mass is 9.78. The minimum absolute atomic E-state index is 0.204. The lowest BCUT2D eigenvalue weighted by molar-refractivity contribution is 0.659. The van der Waals surface area contributed by atoms with E-state index in [0.29, 0.717) is 0 Å². The molecule has 15 aromatic rings. The third-order valence-electron chi connectivity index (χ3n) is 19.8. The van der Waals surface area contributed by atoms with Crippen LogP contribution in [0.15, 0.2) is 256 Å². The van der Waals surface area contributed by atoms with Gasteiger partial charge in [0.1, 0.15) is 33.5 Å². The summed E-state index contributed by atoms with van der Waals surface area (Å²) in [5.74, 6) is 0. The Balaban J connectivity index is 0.886. The lowest BCUT2D eigenvalue weighted by Gasteiger charge is -2.31. The molecule has 0 N–H and O–H groups in total. The second kappa shape index (κ2) is 17.4. The van der Waals surface area contributed by atoms with E-state index in [1.807, 2.05) is 6.07 Å². The first-order valence-corrected chi connectivity index (χ1v) is 30.1. The van der Waals surface area contributed by atoms with Crippen LogP contribution in [0.3, 0.4) is 0 Å². The Hall–Kier alpha value is -10.4. The number of para-hydroxylation sites is 3. The van der Waals surface area contributed by atoms with E-state index in [1.54, 1.807) is 0 Å². The van der Waals surface area contributed by atoms with Crippen molar-refractivity contribution in [1.82, 2.24) is 0 Å². The van der Waals surface area contributed by atoms with E-state index in [0.717, 1.165) is 111 Å². The maximum absolute atomic E-state index is 7.37. The van der Waals surface area contributed by atoms with E-state index < -0.39 is 5.41 Å². The second-order valence-corrected chi connectivity index (χ2v) is 25.4. The fourth-order valence-electron chi connectivity index (χ4n) is 16.0. The van der Waals surface area contributed by atoms with E-state index in [4.69, 9.17) is 13.3 Å². The van der Waals surface area contributed by atoms with Crippen molar-refractivity contribution in [2.75, 3.05) is 9.80 Å². The fourth-order valence-corrected chi connectivity index (χ4v) is 16.0. The maximum Gasteiger partial charge on any atom is 0.145 e. The van der Waals surface area contributed by atoms with Crippen molar-refractivity contribution in [2.24, 2.45) is 0 Å². The maximum atomic E-state index is 7.37. The molecule has 0 saturated heterocycles. The standard InChI is InChI=1S/C81H58N2O3/c1-79(2)57-29-12-7-23-52(57)72-59(79)31-18-34-62(72)82(47-42-43-49-48-22-9-14-38-67(48)85-71(49)46-47)66-45-44-51(78-76(66)55-26-11-16-40-69(55)86-78)50-27-17-28-56-74-61(81(5,6)77(50)56)33-20-36-64(74)83(65-37-21-41-70-75(65)54-25-10-15-39-68(54)84-70)63-35-19-32-60-73(63)53-24-8-13-30-58(53)80(60,3)4/h7-46H,1-6H3. The number of furan rings is 3. The predicted octanol–water partition coefficient (Wildman–Crippen LogP) is 22.9. The molecule has 0 aliphatic heterocycles. The van der Waals surface area contributed by atoms with Crippen molar-refractivity contribution in [3.63, 3.8) is 0 Å². The van der Waals surface area contributed by atoms with Crippen LogP contribution in [0.5, 0.6) is 0 Å². The molecule has 0 amide bonds. The van der Waals surface area contributed by atoms with Gasteiger partial charge in [0.05, 0.1) is 39.2 Å². The summed E-state index contributed by atoms with van der Waals surface area (Å²) in [5.41, 5.74) is 28.1. The highest BCUT2D eigenvalue weighted by Gasteiger charge is 2.44. The Morgan fingerprint density at radius 1 is 0.267 bits per heavy atom. The first-order valence-electron chi connectivity index (χ1n) is 30.1. The normalized spacial score (nSPS) is 14.7. The summed E-state index contributed by atoms with van der Waals surface area (Å²) in [5, 5.41) is 6.46. The zero-order valence-electron chi connectivity index (χ0n) is 48.7. The van der Waals surface area contributed by atoms with E-state index >= 15 is 0 Å². The first-order chi connectivity index (χ1) is 42.0. The molecule has 18 rings (SSSR count). The zero-order valence-corrected chi connectivity index (χ0v) is 48.7. The largest absolute Gasteiger partial charge is 0.456 e. The topological polar surface area (TPSA) is 45.9 Å². The summed E-state index contributed by atoms with van der Waals surface area (Å²) < 4.78 is 20.8. The number of nitrogens with zero attached hydrogens (tertiary/aromatic N) is 2. The molecule has 0 saturated carbocycles. The Kier molecular flexibility index (Phi) is 9.92. The van der Waals surface area contributed by atoms with Crippen molar-refractivity contribution < 1.29 is 13.3 Å². The molecule has 5 nitrogen and oxygen atoms in total. The van der Waals surface area contributed by atoms with Gasteiger partial charge >= 0.3 is 0 Å². The van der Waals surface area contributed by atoms with Crippen molar-refractivity contribution in [3.05, 3.63) is 276 Å². The molecule has 5 heteroatoms. The summed E-state index contributed by atoms with van der Waals surface area (Å²) in [4.78, 5) is 5.03. The molecule has 0 fully saturated rings. The number of fused-ring (bicyclic) bond motifs is 18. The lowest BCUT2D eigenvalue weighted by Crippen LogP contribution is -2.18. The van der Waals surface area contributed by atoms with Crippen LogP contribution in [-0.2, 0) is 16.2 Å². The molecule has 3 heterocycles. The van der Waals surface area contributed by atoms with Gasteiger partial charge in [-0.3, -0.25) is 0 Å². The molecule has 0 spiro atoms. The van der Waals surface area contributed by atoms with Gasteiger partial charge < -0.3 is 23.1 Å². The highest BCUT2D eigenvalue weighted by Crippen LogP contribution is 2.62. The minimum Gasteiger partial charge on any atom is -0.456 e. The monoisotopic (exact) mass is 1110 g/mol. The van der Waals surface area contributed by atoms with E-state index in [1.165, 1.54) is 66.8 Å². The van der Waals surface area contributed by atoms with Crippen LogP contribution in [0.1, 0.15) is 74.9 Å². The Bertz CT molecular complexity index is 5430. The molecule has 3 aliphatic carbocycles. The van der Waals surface area contributed by atoms with Gasteiger partial charge in [0.2, 0.25) is 0 Å². The average Bonchev–Trinajstić information content (AvgIpc) is 1.63. The van der Waals surface area contributed by atoms with Crippen LogP contribution >= 0.6 is 0 Å². The summed E-state index contributed by atoms with van der Waals surface area (Å²) >= 11 is 0. The molecule has 3 aromatic heterocycles. The van der Waals surface area contributed by atoms with Crippen molar-refractivity contribution >= 4 is 99.9 Å². The van der Waals surface area contributed by atoms with Gasteiger partial charge in [0.25, 0.3) is 0 Å². The molecular weight excluding hydrogens is 1050 g/mol. The number of benzene rings is 12. The predicted molar refractivity (Wildman–Crippen MR) is 356 cm³/mol. The van der Waals surface area contributed by atoms with Gasteiger partial charge in [-0.15, -0.1) is 0 Å².